The molecule has 3 aromatic rings. The fraction of sp³-hybridized carbons (Fsp3) is 0.348. The van der Waals surface area contributed by atoms with Gasteiger partial charge in [0.05, 0.1) is 24.0 Å². The first-order chi connectivity index (χ1) is 16.2. The van der Waals surface area contributed by atoms with Crippen LogP contribution in [-0.2, 0) is 27.5 Å². The van der Waals surface area contributed by atoms with E-state index in [0.717, 1.165) is 10.0 Å². The Morgan fingerprint density at radius 1 is 1.29 bits per heavy atom. The van der Waals surface area contributed by atoms with Crippen molar-refractivity contribution >= 4 is 32.0 Å². The molecule has 34 heavy (non-hydrogen) atoms. The number of aliphatic hydroxyl groups excluding tert-OH is 1. The van der Waals surface area contributed by atoms with E-state index in [1.54, 1.807) is 12.3 Å². The molecule has 180 valence electrons. The van der Waals surface area contributed by atoms with Gasteiger partial charge in [-0.3, -0.25) is 8.98 Å². The van der Waals surface area contributed by atoms with Gasteiger partial charge in [0.25, 0.3) is 0 Å². The van der Waals surface area contributed by atoms with Crippen LogP contribution in [0.2, 0.25) is 0 Å². The molecule has 1 fully saturated rings. The molecule has 9 nitrogen and oxygen atoms in total. The van der Waals surface area contributed by atoms with Gasteiger partial charge in [0.2, 0.25) is 0 Å². The molecular weight excluding hydrogens is 524 g/mol. The number of hydrogen-bond acceptors (Lipinski definition) is 7. The van der Waals surface area contributed by atoms with Crippen molar-refractivity contribution in [3.63, 3.8) is 0 Å². The molecule has 0 unspecified atom stereocenters. The zero-order chi connectivity index (χ0) is 24.3. The van der Waals surface area contributed by atoms with E-state index in [9.17, 15) is 18.3 Å². The van der Waals surface area contributed by atoms with Crippen molar-refractivity contribution in [2.24, 2.45) is 17.0 Å². The molecule has 0 aliphatic heterocycles. The summed E-state index contributed by atoms with van der Waals surface area (Å²) in [6.45, 7) is 0.463. The summed E-state index contributed by atoms with van der Waals surface area (Å²) in [6.07, 6.45) is 7.34. The topological polar surface area (TPSA) is 137 Å². The van der Waals surface area contributed by atoms with Crippen molar-refractivity contribution in [2.75, 3.05) is 6.61 Å². The summed E-state index contributed by atoms with van der Waals surface area (Å²) in [5.74, 6) is -0.501. The molecule has 1 aliphatic rings. The number of halogens is 1. The lowest BCUT2D eigenvalue weighted by molar-refractivity contribution is 0.100. The molecule has 0 radical (unpaired) electrons. The van der Waals surface area contributed by atoms with Crippen molar-refractivity contribution in [2.45, 2.75) is 31.9 Å². The number of rotatable bonds is 9. The quantitative estimate of drug-likeness (QED) is 0.391. The van der Waals surface area contributed by atoms with Gasteiger partial charge >= 0.3 is 10.3 Å². The highest BCUT2D eigenvalue weighted by atomic mass is 79.9. The molecule has 0 bridgehead atoms. The highest BCUT2D eigenvalue weighted by Crippen LogP contribution is 2.34. The largest absolute Gasteiger partial charge is 0.393 e. The molecule has 3 N–H and O–H groups in total. The fourth-order valence-corrected chi connectivity index (χ4v) is 5.21. The molecule has 0 amide bonds. The minimum absolute atomic E-state index is 0.0201. The number of nitrogens with zero attached hydrogens (tertiary/aromatic N) is 3. The van der Waals surface area contributed by atoms with Gasteiger partial charge in [0, 0.05) is 41.1 Å². The first kappa shape index (κ1) is 24.7. The lowest BCUT2D eigenvalue weighted by Crippen LogP contribution is -2.24. The second-order valence-electron chi connectivity index (χ2n) is 8.56. The maximum absolute atomic E-state index is 13.3. The molecule has 1 aliphatic carbocycles. The van der Waals surface area contributed by atoms with Gasteiger partial charge in [-0.05, 0) is 48.9 Å². The monoisotopic (exact) mass is 548 g/mol. The van der Waals surface area contributed by atoms with Crippen LogP contribution in [-0.4, -0.2) is 46.6 Å². The van der Waals surface area contributed by atoms with Crippen molar-refractivity contribution < 1.29 is 22.5 Å². The maximum Gasteiger partial charge on any atom is 0.333 e. The van der Waals surface area contributed by atoms with Crippen LogP contribution in [0.1, 0.15) is 40.0 Å². The molecule has 2 aromatic heterocycles. The summed E-state index contributed by atoms with van der Waals surface area (Å²) in [5, 5.41) is 15.2. The van der Waals surface area contributed by atoms with Crippen LogP contribution in [0.5, 0.6) is 0 Å². The molecule has 1 saturated carbocycles. The van der Waals surface area contributed by atoms with Gasteiger partial charge in [-0.25, -0.2) is 15.1 Å². The summed E-state index contributed by atoms with van der Waals surface area (Å²) in [4.78, 5) is 21.6. The number of hydrogen-bond donors (Lipinski definition) is 2. The van der Waals surface area contributed by atoms with Crippen molar-refractivity contribution in [1.29, 1.82) is 0 Å². The Kier molecular flexibility index (Phi) is 7.58. The zero-order valence-electron chi connectivity index (χ0n) is 18.2. The number of carbonyl (C=O) groups is 1. The van der Waals surface area contributed by atoms with Gasteiger partial charge < -0.3 is 9.67 Å². The Hall–Kier alpha value is -2.44. The summed E-state index contributed by atoms with van der Waals surface area (Å²) in [7, 11) is -4.06. The fourth-order valence-electron chi connectivity index (χ4n) is 4.40. The molecule has 0 spiro atoms. The molecule has 2 heterocycles. The number of benzene rings is 1. The third-order valence-corrected chi connectivity index (χ3v) is 6.95. The van der Waals surface area contributed by atoms with E-state index in [2.05, 4.69) is 30.1 Å². The minimum atomic E-state index is -4.06. The average Bonchev–Trinajstić information content (AvgIpc) is 3.38. The highest BCUT2D eigenvalue weighted by Gasteiger charge is 2.34. The van der Waals surface area contributed by atoms with Crippen LogP contribution >= 0.6 is 15.9 Å². The first-order valence-corrected chi connectivity index (χ1v) is 13.0. The number of carbonyl (C=O) groups excluding carboxylic acids is 1. The number of nitrogens with two attached hydrogens (primary N) is 1. The molecule has 1 aromatic carbocycles. The predicted octanol–water partition coefficient (Wildman–Crippen LogP) is 2.47. The zero-order valence-corrected chi connectivity index (χ0v) is 20.7. The Balaban J connectivity index is 1.44. The predicted molar refractivity (Wildman–Crippen MR) is 128 cm³/mol. The second-order valence-corrected chi connectivity index (χ2v) is 10.7. The molecule has 3 atom stereocenters. The summed E-state index contributed by atoms with van der Waals surface area (Å²) in [6, 6.07) is 9.75. The van der Waals surface area contributed by atoms with Gasteiger partial charge in [0.15, 0.2) is 5.78 Å². The Labute approximate surface area is 206 Å². The van der Waals surface area contributed by atoms with Crippen LogP contribution in [0.3, 0.4) is 0 Å². The minimum Gasteiger partial charge on any atom is -0.393 e. The lowest BCUT2D eigenvalue weighted by Gasteiger charge is -2.13. The SMILES string of the molecule is NS(=O)(=O)OC[C@H]1C[C@@H](Cc2ncncc2C(=O)c2ccn(Cc3cccc(Br)c3)c2)C[C@@H]1O. The van der Waals surface area contributed by atoms with Gasteiger partial charge in [0.1, 0.15) is 6.33 Å². The third-order valence-electron chi connectivity index (χ3n) is 5.99. The van der Waals surface area contributed by atoms with Crippen molar-refractivity contribution in [3.8, 4) is 0 Å². The number of aliphatic hydroxyl groups is 1. The second kappa shape index (κ2) is 10.4. The van der Waals surface area contributed by atoms with E-state index in [0.29, 0.717) is 42.6 Å². The van der Waals surface area contributed by atoms with Crippen molar-refractivity contribution in [3.05, 3.63) is 82.1 Å². The van der Waals surface area contributed by atoms with Crippen LogP contribution in [0, 0.1) is 11.8 Å². The normalized spacial score (nSPS) is 20.5. The summed E-state index contributed by atoms with van der Waals surface area (Å²) < 4.78 is 29.7. The molecule has 0 saturated heterocycles. The van der Waals surface area contributed by atoms with Crippen LogP contribution in [0.4, 0.5) is 0 Å². The number of aromatic nitrogens is 3. The standard InChI is InChI=1S/C23H25BrN4O5S/c24-19-3-1-2-15(7-19)11-28-5-4-17(12-28)23(30)20-10-26-14-27-21(20)8-16-6-18(22(29)9-16)13-33-34(25,31)32/h1-5,7,10,12,14,16,18,22,29H,6,8-9,11,13H2,(H2,25,31,32)/t16-,18+,22-/m0/s1. The van der Waals surface area contributed by atoms with E-state index < -0.39 is 16.4 Å². The average molecular weight is 549 g/mol. The highest BCUT2D eigenvalue weighted by molar-refractivity contribution is 9.10. The van der Waals surface area contributed by atoms with E-state index in [1.165, 1.54) is 12.5 Å². The van der Waals surface area contributed by atoms with E-state index in [4.69, 9.17) is 5.14 Å². The summed E-state index contributed by atoms with van der Waals surface area (Å²) in [5.41, 5.74) is 2.66. The van der Waals surface area contributed by atoms with E-state index >= 15 is 0 Å². The summed E-state index contributed by atoms with van der Waals surface area (Å²) >= 11 is 3.47. The molecule has 4 rings (SSSR count). The Bertz CT molecular complexity index is 1280. The maximum atomic E-state index is 13.3. The number of ketones is 1. The molecular formula is C23H25BrN4O5S. The molecule has 11 heteroatoms. The van der Waals surface area contributed by atoms with Crippen LogP contribution < -0.4 is 5.14 Å². The van der Waals surface area contributed by atoms with Gasteiger partial charge in [-0.2, -0.15) is 8.42 Å². The Morgan fingerprint density at radius 3 is 2.88 bits per heavy atom. The first-order valence-electron chi connectivity index (χ1n) is 10.8. The van der Waals surface area contributed by atoms with E-state index in [1.807, 2.05) is 35.0 Å². The van der Waals surface area contributed by atoms with Gasteiger partial charge in [-0.15, -0.1) is 0 Å². The van der Waals surface area contributed by atoms with Crippen LogP contribution in [0.25, 0.3) is 0 Å². The van der Waals surface area contributed by atoms with E-state index in [-0.39, 0.29) is 24.2 Å². The lowest BCUT2D eigenvalue weighted by atomic mass is 9.95. The Morgan fingerprint density at radius 2 is 2.12 bits per heavy atom. The smallest absolute Gasteiger partial charge is 0.333 e. The van der Waals surface area contributed by atoms with Crippen LogP contribution in [0.15, 0.2) is 59.7 Å². The van der Waals surface area contributed by atoms with Crippen molar-refractivity contribution in [1.82, 2.24) is 14.5 Å². The van der Waals surface area contributed by atoms with Gasteiger partial charge in [-0.1, -0.05) is 28.1 Å². The third kappa shape index (κ3) is 6.36.